The molecule has 0 radical (unpaired) electrons. The zero-order chi connectivity index (χ0) is 26.0. The van der Waals surface area contributed by atoms with Crippen molar-refractivity contribution in [3.8, 4) is 10.4 Å². The van der Waals surface area contributed by atoms with Gasteiger partial charge in [-0.25, -0.2) is 13.8 Å². The fraction of sp³-hybridized carbons (Fsp3) is 0.320. The Bertz CT molecular complexity index is 1280. The van der Waals surface area contributed by atoms with Crippen molar-refractivity contribution in [3.63, 3.8) is 0 Å². The summed E-state index contributed by atoms with van der Waals surface area (Å²) in [5, 5.41) is 12.7. The number of halogens is 2. The number of pyridine rings is 1. The Hall–Kier alpha value is -3.41. The molecular formula is C25H27F2N5O3S. The normalized spacial score (nSPS) is 15.2. The molecular weight excluding hydrogens is 488 g/mol. The Morgan fingerprint density at radius 2 is 1.97 bits per heavy atom. The summed E-state index contributed by atoms with van der Waals surface area (Å²) in [7, 11) is 1.77. The topological polar surface area (TPSA) is 112 Å². The van der Waals surface area contributed by atoms with Crippen molar-refractivity contribution in [1.29, 1.82) is 0 Å². The molecule has 0 saturated carbocycles. The molecule has 8 nitrogen and oxygen atoms in total. The van der Waals surface area contributed by atoms with Crippen molar-refractivity contribution >= 4 is 34.0 Å². The minimum absolute atomic E-state index is 0.0473. The lowest BCUT2D eigenvalue weighted by molar-refractivity contribution is -0.134. The number of aromatic nitrogens is 1. The Balaban J connectivity index is 1.59. The van der Waals surface area contributed by atoms with Crippen LogP contribution in [-0.4, -0.2) is 65.0 Å². The molecule has 0 bridgehead atoms. The van der Waals surface area contributed by atoms with Crippen LogP contribution in [0, 0.1) is 11.6 Å². The third-order valence-corrected chi connectivity index (χ3v) is 7.19. The van der Waals surface area contributed by atoms with Gasteiger partial charge in [0.2, 0.25) is 5.91 Å². The predicted octanol–water partition coefficient (Wildman–Crippen LogP) is 3.30. The van der Waals surface area contributed by atoms with Gasteiger partial charge in [0, 0.05) is 44.1 Å². The first-order valence-electron chi connectivity index (χ1n) is 11.4. The number of likely N-dealkylation sites (N-methyl/N-ethyl adjacent to an activating group) is 1. The number of benzene rings is 1. The first-order chi connectivity index (χ1) is 17.2. The maximum Gasteiger partial charge on any atom is 0.251 e. The van der Waals surface area contributed by atoms with Crippen LogP contribution in [0.15, 0.2) is 36.4 Å². The summed E-state index contributed by atoms with van der Waals surface area (Å²) in [6.45, 7) is 3.58. The maximum absolute atomic E-state index is 14.9. The van der Waals surface area contributed by atoms with Crippen molar-refractivity contribution < 1.29 is 23.5 Å². The second-order valence-corrected chi connectivity index (χ2v) is 9.88. The van der Waals surface area contributed by atoms with Gasteiger partial charge in [-0.05, 0) is 35.9 Å². The summed E-state index contributed by atoms with van der Waals surface area (Å²) in [4.78, 5) is 32.5. The molecule has 2 amide bonds. The van der Waals surface area contributed by atoms with Crippen LogP contribution in [0.3, 0.4) is 0 Å². The van der Waals surface area contributed by atoms with E-state index in [0.717, 1.165) is 23.6 Å². The number of rotatable bonds is 8. The molecule has 0 spiro atoms. The molecule has 1 fully saturated rings. The van der Waals surface area contributed by atoms with E-state index in [1.54, 1.807) is 31.0 Å². The monoisotopic (exact) mass is 515 g/mol. The van der Waals surface area contributed by atoms with Gasteiger partial charge in [0.05, 0.1) is 23.4 Å². The highest BCUT2D eigenvalue weighted by Crippen LogP contribution is 2.39. The molecule has 0 aliphatic carbocycles. The number of carbonyl (C=O) groups excluding carboxylic acids is 2. The third kappa shape index (κ3) is 5.53. The second kappa shape index (κ2) is 10.7. The van der Waals surface area contributed by atoms with Crippen LogP contribution in [0.1, 0.15) is 34.5 Å². The van der Waals surface area contributed by atoms with Crippen molar-refractivity contribution in [2.45, 2.75) is 19.4 Å². The number of nitrogens with zero attached hydrogens (tertiary/aromatic N) is 3. The summed E-state index contributed by atoms with van der Waals surface area (Å²) in [6.07, 6.45) is 0. The van der Waals surface area contributed by atoms with Gasteiger partial charge in [0.25, 0.3) is 5.91 Å². The summed E-state index contributed by atoms with van der Waals surface area (Å²) in [6, 6.07) is 9.05. The van der Waals surface area contributed by atoms with E-state index >= 15 is 0 Å². The first-order valence-corrected chi connectivity index (χ1v) is 12.2. The van der Waals surface area contributed by atoms with Crippen LogP contribution >= 0.6 is 11.3 Å². The summed E-state index contributed by atoms with van der Waals surface area (Å²) >= 11 is 0.984. The van der Waals surface area contributed by atoms with E-state index in [-0.39, 0.29) is 28.5 Å². The number of nitrogens with one attached hydrogen (secondary N) is 1. The Labute approximate surface area is 211 Å². The van der Waals surface area contributed by atoms with Gasteiger partial charge >= 0.3 is 0 Å². The summed E-state index contributed by atoms with van der Waals surface area (Å²) < 4.78 is 29.8. The van der Waals surface area contributed by atoms with Crippen molar-refractivity contribution in [1.82, 2.24) is 14.8 Å². The van der Waals surface area contributed by atoms with E-state index in [0.29, 0.717) is 36.0 Å². The van der Waals surface area contributed by atoms with E-state index in [1.807, 2.05) is 11.0 Å². The molecule has 36 heavy (non-hydrogen) atoms. The van der Waals surface area contributed by atoms with Gasteiger partial charge in [-0.1, -0.05) is 13.0 Å². The molecule has 1 atom stereocenters. The SMILES string of the molecule is CC(CO)c1cc(F)c(-c2cc(C(N)=O)c(Nc3cccc(CN4CCN(C)C(=O)C4)n3)s2)c(F)c1. The standard InChI is InChI=1S/C25H27F2N5O3S/c1-14(13-33)15-8-18(26)23(19(27)9-15)20-10-17(24(28)35)25(36-20)30-21-5-3-4-16(29-21)11-32-7-6-31(2)22(34)12-32/h3-5,8-10,14,33H,6-7,11-13H2,1-2H3,(H2,28,35)(H,29,30). The van der Waals surface area contributed by atoms with Crippen LogP contribution < -0.4 is 11.1 Å². The van der Waals surface area contributed by atoms with Gasteiger partial charge in [-0.3, -0.25) is 14.5 Å². The zero-order valence-corrected chi connectivity index (χ0v) is 20.7. The molecule has 1 aliphatic heterocycles. The zero-order valence-electron chi connectivity index (χ0n) is 19.9. The van der Waals surface area contributed by atoms with E-state index in [9.17, 15) is 23.5 Å². The van der Waals surface area contributed by atoms with Crippen LogP contribution in [0.5, 0.6) is 0 Å². The number of piperazine rings is 1. The number of thiophene rings is 1. The fourth-order valence-corrected chi connectivity index (χ4v) is 5.05. The van der Waals surface area contributed by atoms with E-state index in [1.165, 1.54) is 18.2 Å². The predicted molar refractivity (Wildman–Crippen MR) is 134 cm³/mol. The average molecular weight is 516 g/mol. The number of carbonyl (C=O) groups is 2. The highest BCUT2D eigenvalue weighted by Gasteiger charge is 2.23. The lowest BCUT2D eigenvalue weighted by atomic mass is 9.99. The first kappa shape index (κ1) is 25.7. The minimum atomic E-state index is -0.795. The quantitative estimate of drug-likeness (QED) is 0.425. The van der Waals surface area contributed by atoms with E-state index in [2.05, 4.69) is 10.3 Å². The van der Waals surface area contributed by atoms with Gasteiger partial charge < -0.3 is 21.1 Å². The van der Waals surface area contributed by atoms with Crippen molar-refractivity contribution in [2.24, 2.45) is 5.73 Å². The van der Waals surface area contributed by atoms with Crippen LogP contribution in [0.2, 0.25) is 0 Å². The summed E-state index contributed by atoms with van der Waals surface area (Å²) in [5.74, 6) is -2.29. The Kier molecular flexibility index (Phi) is 7.62. The molecule has 1 aromatic carbocycles. The third-order valence-electron chi connectivity index (χ3n) is 6.12. The van der Waals surface area contributed by atoms with Gasteiger partial charge in [-0.15, -0.1) is 11.3 Å². The van der Waals surface area contributed by atoms with Gasteiger partial charge in [-0.2, -0.15) is 0 Å². The molecule has 2 aromatic heterocycles. The molecule has 3 heterocycles. The molecule has 1 unspecified atom stereocenters. The largest absolute Gasteiger partial charge is 0.396 e. The number of hydrogen-bond donors (Lipinski definition) is 3. The molecule has 4 N–H and O–H groups in total. The summed E-state index contributed by atoms with van der Waals surface area (Å²) in [5.41, 5.74) is 6.41. The molecule has 190 valence electrons. The number of anilines is 2. The average Bonchev–Trinajstić information content (AvgIpc) is 3.24. The maximum atomic E-state index is 14.9. The lowest BCUT2D eigenvalue weighted by Gasteiger charge is -2.31. The number of primary amides is 1. The molecule has 1 saturated heterocycles. The van der Waals surface area contributed by atoms with E-state index in [4.69, 9.17) is 5.73 Å². The Morgan fingerprint density at radius 1 is 1.25 bits per heavy atom. The van der Waals surface area contributed by atoms with Crippen LogP contribution in [0.25, 0.3) is 10.4 Å². The van der Waals surface area contributed by atoms with E-state index < -0.39 is 23.5 Å². The lowest BCUT2D eigenvalue weighted by Crippen LogP contribution is -2.48. The highest BCUT2D eigenvalue weighted by atomic mass is 32.1. The Morgan fingerprint density at radius 3 is 2.61 bits per heavy atom. The number of aliphatic hydroxyl groups excluding tert-OH is 1. The number of amides is 2. The fourth-order valence-electron chi connectivity index (χ4n) is 3.93. The smallest absolute Gasteiger partial charge is 0.251 e. The van der Waals surface area contributed by atoms with Crippen molar-refractivity contribution in [3.05, 3.63) is 64.9 Å². The number of hydrogen-bond acceptors (Lipinski definition) is 7. The van der Waals surface area contributed by atoms with Crippen LogP contribution in [-0.2, 0) is 11.3 Å². The highest BCUT2D eigenvalue weighted by molar-refractivity contribution is 7.20. The van der Waals surface area contributed by atoms with Gasteiger partial charge in [0.1, 0.15) is 22.5 Å². The van der Waals surface area contributed by atoms with Crippen molar-refractivity contribution in [2.75, 3.05) is 38.6 Å². The van der Waals surface area contributed by atoms with Crippen LogP contribution in [0.4, 0.5) is 19.6 Å². The second-order valence-electron chi connectivity index (χ2n) is 8.83. The van der Waals surface area contributed by atoms with Gasteiger partial charge in [0.15, 0.2) is 0 Å². The number of nitrogens with two attached hydrogens (primary N) is 1. The minimum Gasteiger partial charge on any atom is -0.396 e. The molecule has 4 rings (SSSR count). The molecule has 1 aliphatic rings. The number of aliphatic hydroxyl groups is 1. The molecule has 3 aromatic rings. The molecule has 11 heteroatoms.